The van der Waals surface area contributed by atoms with E-state index in [1.54, 1.807) is 0 Å². The third-order valence-electron chi connectivity index (χ3n) is 2.02. The number of carbonyl (C=O) groups excluding carboxylic acids is 1. The first-order valence-electron chi connectivity index (χ1n) is 5.24. The van der Waals surface area contributed by atoms with Crippen LogP contribution in [-0.4, -0.2) is 26.8 Å². The molecule has 0 spiro atoms. The van der Waals surface area contributed by atoms with Gasteiger partial charge >= 0.3 is 0 Å². The standard InChI is InChI=1S/C11H9IN4O2S/c12-7-1-3-8(4-2-7)14-10(18)6-19-11-15-9(17)5-13-16-11/h1-5H,6H2,(H,14,18)(H,15,16,17). The Labute approximate surface area is 126 Å². The Hall–Kier alpha value is -1.42. The molecule has 0 aliphatic rings. The summed E-state index contributed by atoms with van der Waals surface area (Å²) in [7, 11) is 0. The van der Waals surface area contributed by atoms with E-state index >= 15 is 0 Å². The Balaban J connectivity index is 1.88. The Kier molecular flexibility index (Phi) is 4.91. The van der Waals surface area contributed by atoms with Crippen LogP contribution in [0.2, 0.25) is 0 Å². The van der Waals surface area contributed by atoms with Crippen LogP contribution >= 0.6 is 34.4 Å². The van der Waals surface area contributed by atoms with Crippen molar-refractivity contribution >= 4 is 45.9 Å². The van der Waals surface area contributed by atoms with E-state index in [4.69, 9.17) is 0 Å². The van der Waals surface area contributed by atoms with E-state index in [1.165, 1.54) is 0 Å². The molecular weight excluding hydrogens is 379 g/mol. The van der Waals surface area contributed by atoms with Crippen molar-refractivity contribution in [3.05, 3.63) is 44.4 Å². The summed E-state index contributed by atoms with van der Waals surface area (Å²) in [5.74, 6) is -0.0154. The molecule has 2 aromatic rings. The summed E-state index contributed by atoms with van der Waals surface area (Å²) in [5.41, 5.74) is 0.397. The minimum atomic E-state index is -0.337. The molecule has 0 radical (unpaired) electrons. The van der Waals surface area contributed by atoms with E-state index in [2.05, 4.69) is 43.1 Å². The maximum atomic E-state index is 11.7. The van der Waals surface area contributed by atoms with Crippen LogP contribution in [-0.2, 0) is 4.79 Å². The first kappa shape index (κ1) is 14.0. The molecule has 6 nitrogen and oxygen atoms in total. The molecule has 0 atom stereocenters. The molecule has 0 saturated carbocycles. The van der Waals surface area contributed by atoms with Gasteiger partial charge in [-0.3, -0.25) is 14.6 Å². The topological polar surface area (TPSA) is 87.7 Å². The predicted molar refractivity (Wildman–Crippen MR) is 81.2 cm³/mol. The molecule has 8 heteroatoms. The lowest BCUT2D eigenvalue weighted by atomic mass is 10.3. The molecule has 0 unspecified atom stereocenters. The van der Waals surface area contributed by atoms with Crippen molar-refractivity contribution in [2.45, 2.75) is 5.16 Å². The molecule has 0 fully saturated rings. The van der Waals surface area contributed by atoms with Crippen LogP contribution in [0, 0.1) is 3.57 Å². The van der Waals surface area contributed by atoms with Crippen molar-refractivity contribution in [3.63, 3.8) is 0 Å². The van der Waals surface area contributed by atoms with Gasteiger partial charge in [-0.1, -0.05) is 11.8 Å². The van der Waals surface area contributed by atoms with Gasteiger partial charge in [0.05, 0.1) is 5.75 Å². The third kappa shape index (κ3) is 4.63. The maximum Gasteiger partial charge on any atom is 0.270 e. The maximum absolute atomic E-state index is 11.7. The van der Waals surface area contributed by atoms with Crippen LogP contribution in [0.25, 0.3) is 0 Å². The fraction of sp³-hybridized carbons (Fsp3) is 0.0909. The fourth-order valence-corrected chi connectivity index (χ4v) is 2.20. The van der Waals surface area contributed by atoms with E-state index in [1.807, 2.05) is 24.3 Å². The molecule has 0 saturated heterocycles. The highest BCUT2D eigenvalue weighted by Crippen LogP contribution is 2.13. The number of aromatic nitrogens is 3. The van der Waals surface area contributed by atoms with Gasteiger partial charge in [-0.15, -0.1) is 5.10 Å². The molecule has 2 rings (SSSR count). The zero-order valence-corrected chi connectivity index (χ0v) is 12.6. The zero-order chi connectivity index (χ0) is 13.7. The van der Waals surface area contributed by atoms with Crippen LogP contribution in [0.4, 0.5) is 5.69 Å². The van der Waals surface area contributed by atoms with Gasteiger partial charge in [0.15, 0.2) is 5.16 Å². The van der Waals surface area contributed by atoms with Crippen LogP contribution in [0.3, 0.4) is 0 Å². The number of H-pyrrole nitrogens is 1. The van der Waals surface area contributed by atoms with Crippen molar-refractivity contribution in [2.75, 3.05) is 11.1 Å². The van der Waals surface area contributed by atoms with Gasteiger partial charge in [0, 0.05) is 9.26 Å². The van der Waals surface area contributed by atoms with Crippen molar-refractivity contribution in [1.82, 2.24) is 15.2 Å². The molecule has 1 amide bonds. The normalized spacial score (nSPS) is 10.2. The van der Waals surface area contributed by atoms with Gasteiger partial charge in [0.25, 0.3) is 5.56 Å². The Morgan fingerprint density at radius 1 is 1.37 bits per heavy atom. The zero-order valence-electron chi connectivity index (χ0n) is 9.59. The SMILES string of the molecule is O=C(CSc1nncc(=O)[nH]1)Nc1ccc(I)cc1. The van der Waals surface area contributed by atoms with E-state index < -0.39 is 0 Å². The number of thioether (sulfide) groups is 1. The van der Waals surface area contributed by atoms with Gasteiger partial charge in [-0.25, -0.2) is 0 Å². The van der Waals surface area contributed by atoms with E-state index in [0.717, 1.165) is 27.2 Å². The largest absolute Gasteiger partial charge is 0.325 e. The monoisotopic (exact) mass is 388 g/mol. The minimum absolute atomic E-state index is 0.153. The minimum Gasteiger partial charge on any atom is -0.325 e. The number of anilines is 1. The van der Waals surface area contributed by atoms with Crippen molar-refractivity contribution in [1.29, 1.82) is 0 Å². The highest BCUT2D eigenvalue weighted by atomic mass is 127. The quantitative estimate of drug-likeness (QED) is 0.613. The summed E-state index contributed by atoms with van der Waals surface area (Å²) in [6.45, 7) is 0. The smallest absolute Gasteiger partial charge is 0.270 e. The summed E-state index contributed by atoms with van der Waals surface area (Å²) in [4.78, 5) is 25.2. The number of halogens is 1. The number of benzene rings is 1. The summed E-state index contributed by atoms with van der Waals surface area (Å²) >= 11 is 3.31. The molecule has 98 valence electrons. The molecule has 2 N–H and O–H groups in total. The second kappa shape index (κ2) is 6.66. The Bertz CT molecular complexity index is 629. The molecule has 1 aromatic carbocycles. The van der Waals surface area contributed by atoms with Crippen LogP contribution < -0.4 is 10.9 Å². The van der Waals surface area contributed by atoms with Crippen molar-refractivity contribution < 1.29 is 4.79 Å². The highest BCUT2D eigenvalue weighted by molar-refractivity contribution is 14.1. The summed E-state index contributed by atoms with van der Waals surface area (Å²) in [6, 6.07) is 7.47. The summed E-state index contributed by atoms with van der Waals surface area (Å²) in [6.07, 6.45) is 1.08. The Morgan fingerprint density at radius 2 is 2.11 bits per heavy atom. The lowest BCUT2D eigenvalue weighted by molar-refractivity contribution is -0.113. The summed E-state index contributed by atoms with van der Waals surface area (Å²) in [5, 5.41) is 10.3. The first-order chi connectivity index (χ1) is 9.13. The lowest BCUT2D eigenvalue weighted by Gasteiger charge is -2.04. The van der Waals surface area contributed by atoms with Gasteiger partial charge < -0.3 is 5.32 Å². The van der Waals surface area contributed by atoms with Crippen LogP contribution in [0.15, 0.2) is 40.4 Å². The molecule has 1 aromatic heterocycles. The lowest BCUT2D eigenvalue weighted by Crippen LogP contribution is -2.15. The number of nitrogens with zero attached hydrogens (tertiary/aromatic N) is 2. The molecule has 1 heterocycles. The number of nitrogens with one attached hydrogen (secondary N) is 2. The second-order valence-corrected chi connectivity index (χ2v) is 5.69. The average molecular weight is 388 g/mol. The average Bonchev–Trinajstić information content (AvgIpc) is 2.39. The molecule has 0 aliphatic heterocycles. The second-order valence-electron chi connectivity index (χ2n) is 3.48. The van der Waals surface area contributed by atoms with Crippen LogP contribution in [0.1, 0.15) is 0 Å². The molecule has 0 bridgehead atoms. The van der Waals surface area contributed by atoms with Crippen molar-refractivity contribution in [3.8, 4) is 0 Å². The van der Waals surface area contributed by atoms with Gasteiger partial charge in [-0.05, 0) is 46.9 Å². The van der Waals surface area contributed by atoms with Crippen LogP contribution in [0.5, 0.6) is 0 Å². The third-order valence-corrected chi connectivity index (χ3v) is 3.60. The summed E-state index contributed by atoms with van der Waals surface area (Å²) < 4.78 is 1.10. The highest BCUT2D eigenvalue weighted by Gasteiger charge is 2.05. The van der Waals surface area contributed by atoms with E-state index in [9.17, 15) is 9.59 Å². The van der Waals surface area contributed by atoms with E-state index in [-0.39, 0.29) is 17.2 Å². The van der Waals surface area contributed by atoms with E-state index in [0.29, 0.717) is 5.16 Å². The van der Waals surface area contributed by atoms with Crippen molar-refractivity contribution in [2.24, 2.45) is 0 Å². The number of amides is 1. The number of rotatable bonds is 4. The van der Waals surface area contributed by atoms with Gasteiger partial charge in [-0.2, -0.15) is 5.10 Å². The first-order valence-corrected chi connectivity index (χ1v) is 7.30. The number of aromatic amines is 1. The predicted octanol–water partition coefficient (Wildman–Crippen LogP) is 1.50. The Morgan fingerprint density at radius 3 is 2.79 bits per heavy atom. The number of hydrogen-bond acceptors (Lipinski definition) is 5. The number of hydrogen-bond donors (Lipinski definition) is 2. The number of carbonyl (C=O) groups is 1. The van der Waals surface area contributed by atoms with Gasteiger partial charge in [0.1, 0.15) is 6.20 Å². The molecule has 0 aliphatic carbocycles. The molecule has 19 heavy (non-hydrogen) atoms. The molecular formula is C11H9IN4O2S. The van der Waals surface area contributed by atoms with Gasteiger partial charge in [0.2, 0.25) is 5.91 Å². The fourth-order valence-electron chi connectivity index (χ4n) is 1.23.